The number of ether oxygens (including phenoxy) is 1. The maximum atomic E-state index is 4.72. The van der Waals surface area contributed by atoms with E-state index in [1.165, 1.54) is 0 Å². The highest BCUT2D eigenvalue weighted by atomic mass is 31.0. The second kappa shape index (κ2) is 2.14. The molecule has 44 valence electrons. The van der Waals surface area contributed by atoms with E-state index in [0.717, 1.165) is 0 Å². The summed E-state index contributed by atoms with van der Waals surface area (Å²) in [4.78, 5) is 0. The zero-order chi connectivity index (χ0) is 5.98. The Kier molecular flexibility index (Phi) is 1.49. The topological polar surface area (TPSA) is 35.3 Å². The normalized spacial score (nSPS) is 9.25. The van der Waals surface area contributed by atoms with Crippen molar-refractivity contribution >= 4 is 14.7 Å². The highest BCUT2D eigenvalue weighted by Gasteiger charge is 1.94. The van der Waals surface area contributed by atoms with Crippen LogP contribution in [0.15, 0.2) is 10.6 Å². The number of nitrogens with zero attached hydrogens (tertiary/aromatic N) is 1. The van der Waals surface area contributed by atoms with Crippen molar-refractivity contribution in [3.05, 3.63) is 6.07 Å². The molecule has 0 fully saturated rings. The maximum Gasteiger partial charge on any atom is 0.254 e. The van der Waals surface area contributed by atoms with Gasteiger partial charge in [0.1, 0.15) is 0 Å². The third-order valence-corrected chi connectivity index (χ3v) is 0.988. The van der Waals surface area contributed by atoms with E-state index in [1.54, 1.807) is 13.2 Å². The molecule has 0 N–H and O–H groups in total. The summed E-state index contributed by atoms with van der Waals surface area (Å²) in [5.74, 6) is 0.509. The Morgan fingerprint density at radius 1 is 1.88 bits per heavy atom. The van der Waals surface area contributed by atoms with E-state index in [-0.39, 0.29) is 0 Å². The zero-order valence-electron chi connectivity index (χ0n) is 4.42. The first-order chi connectivity index (χ1) is 3.83. The van der Waals surface area contributed by atoms with Gasteiger partial charge < -0.3 is 9.26 Å². The summed E-state index contributed by atoms with van der Waals surface area (Å²) in [6.07, 6.45) is 0. The van der Waals surface area contributed by atoms with Gasteiger partial charge in [0, 0.05) is 6.07 Å². The Morgan fingerprint density at radius 3 is 2.88 bits per heavy atom. The summed E-state index contributed by atoms with van der Waals surface area (Å²) < 4.78 is 9.36. The molecule has 0 aromatic carbocycles. The Balaban J connectivity index is 2.84. The second-order valence-corrected chi connectivity index (χ2v) is 1.84. The maximum absolute atomic E-state index is 4.72. The lowest BCUT2D eigenvalue weighted by molar-refractivity contribution is 0.346. The minimum atomic E-state index is 0.509. The lowest BCUT2D eigenvalue weighted by Gasteiger charge is -1.83. The Bertz CT molecular complexity index is 174. The largest absolute Gasteiger partial charge is 0.479 e. The van der Waals surface area contributed by atoms with Crippen molar-refractivity contribution in [3.63, 3.8) is 0 Å². The molecular formula is C4H6NO2P. The van der Waals surface area contributed by atoms with Gasteiger partial charge in [-0.25, -0.2) is 0 Å². The average Bonchev–Trinajstić information content (AvgIpc) is 2.14. The molecule has 0 aliphatic rings. The van der Waals surface area contributed by atoms with Crippen LogP contribution in [-0.2, 0) is 0 Å². The van der Waals surface area contributed by atoms with Gasteiger partial charge in [0.25, 0.3) is 5.88 Å². The van der Waals surface area contributed by atoms with Gasteiger partial charge in [-0.05, 0) is 5.16 Å². The van der Waals surface area contributed by atoms with Crippen molar-refractivity contribution < 1.29 is 9.26 Å². The summed E-state index contributed by atoms with van der Waals surface area (Å²) in [7, 11) is 3.91. The number of aromatic nitrogens is 1. The minimum absolute atomic E-state index is 0.509. The Morgan fingerprint density at radius 2 is 2.62 bits per heavy atom. The Hall–Kier alpha value is -0.560. The number of hydrogen-bond acceptors (Lipinski definition) is 3. The second-order valence-electron chi connectivity index (χ2n) is 1.27. The van der Waals surface area contributed by atoms with Gasteiger partial charge in [0.15, 0.2) is 5.50 Å². The van der Waals surface area contributed by atoms with Crippen LogP contribution in [0.2, 0.25) is 0 Å². The van der Waals surface area contributed by atoms with Gasteiger partial charge in [0.05, 0.1) is 7.11 Å². The van der Waals surface area contributed by atoms with Crippen molar-refractivity contribution in [3.8, 4) is 5.88 Å². The molecule has 0 aliphatic heterocycles. The molecule has 4 heteroatoms. The predicted molar refractivity (Wildman–Crippen MR) is 32.4 cm³/mol. The molecule has 1 atom stereocenters. The van der Waals surface area contributed by atoms with Crippen LogP contribution in [0.3, 0.4) is 0 Å². The van der Waals surface area contributed by atoms with E-state index in [2.05, 4.69) is 18.9 Å². The van der Waals surface area contributed by atoms with E-state index in [9.17, 15) is 0 Å². The average molecular weight is 131 g/mol. The van der Waals surface area contributed by atoms with Crippen LogP contribution in [0.25, 0.3) is 0 Å². The highest BCUT2D eigenvalue weighted by Crippen LogP contribution is 2.02. The molecule has 0 saturated carbocycles. The monoisotopic (exact) mass is 131 g/mol. The van der Waals surface area contributed by atoms with Crippen LogP contribution >= 0.6 is 9.24 Å². The third kappa shape index (κ3) is 0.984. The van der Waals surface area contributed by atoms with Gasteiger partial charge in [-0.2, -0.15) is 0 Å². The van der Waals surface area contributed by atoms with Crippen LogP contribution < -0.4 is 10.2 Å². The summed E-state index contributed by atoms with van der Waals surface area (Å²) in [6, 6.07) is 1.69. The fraction of sp³-hybridized carbons (Fsp3) is 0.250. The van der Waals surface area contributed by atoms with Gasteiger partial charge in [0.2, 0.25) is 0 Å². The lowest BCUT2D eigenvalue weighted by Crippen LogP contribution is -1.80. The molecule has 3 nitrogen and oxygen atoms in total. The quantitative estimate of drug-likeness (QED) is 0.510. The molecule has 0 spiro atoms. The lowest BCUT2D eigenvalue weighted by atomic mass is 10.7. The van der Waals surface area contributed by atoms with E-state index in [1.807, 2.05) is 0 Å². The molecule has 0 bridgehead atoms. The van der Waals surface area contributed by atoms with Gasteiger partial charge in [-0.1, -0.05) is 9.24 Å². The van der Waals surface area contributed by atoms with Crippen LogP contribution in [0.4, 0.5) is 0 Å². The molecule has 0 saturated heterocycles. The summed E-state index contributed by atoms with van der Waals surface area (Å²) in [6.45, 7) is 0. The van der Waals surface area contributed by atoms with Crippen LogP contribution in [0.1, 0.15) is 0 Å². The van der Waals surface area contributed by atoms with Crippen molar-refractivity contribution in [2.45, 2.75) is 0 Å². The first kappa shape index (κ1) is 5.57. The number of methoxy groups -OCH3 is 1. The first-order valence-corrected chi connectivity index (χ1v) is 2.67. The van der Waals surface area contributed by atoms with Gasteiger partial charge >= 0.3 is 0 Å². The highest BCUT2D eigenvalue weighted by molar-refractivity contribution is 7.26. The fourth-order valence-electron chi connectivity index (χ4n) is 0.368. The molecule has 1 rings (SSSR count). The van der Waals surface area contributed by atoms with Crippen LogP contribution in [-0.4, -0.2) is 12.3 Å². The van der Waals surface area contributed by atoms with E-state index in [0.29, 0.717) is 11.4 Å². The molecule has 1 aromatic heterocycles. The SMILES string of the molecule is COc1cc(P)on1. The van der Waals surface area contributed by atoms with E-state index >= 15 is 0 Å². The molecule has 0 amide bonds. The smallest absolute Gasteiger partial charge is 0.254 e. The molecule has 1 heterocycles. The van der Waals surface area contributed by atoms with Crippen molar-refractivity contribution in [1.82, 2.24) is 5.16 Å². The van der Waals surface area contributed by atoms with Gasteiger partial charge in [-0.15, -0.1) is 0 Å². The summed E-state index contributed by atoms with van der Waals surface area (Å²) >= 11 is 0. The molecule has 0 aliphatic carbocycles. The predicted octanol–water partition coefficient (Wildman–Crippen LogP) is 0.184. The number of rotatable bonds is 1. The number of hydrogen-bond donors (Lipinski definition) is 0. The molecule has 8 heavy (non-hydrogen) atoms. The van der Waals surface area contributed by atoms with E-state index < -0.39 is 0 Å². The molecule has 1 unspecified atom stereocenters. The fourth-order valence-corrected chi connectivity index (χ4v) is 0.564. The minimum Gasteiger partial charge on any atom is -0.479 e. The van der Waals surface area contributed by atoms with Crippen molar-refractivity contribution in [2.24, 2.45) is 0 Å². The summed E-state index contributed by atoms with van der Waals surface area (Å²) in [5.41, 5.74) is 0.682. The van der Waals surface area contributed by atoms with Crippen molar-refractivity contribution in [2.75, 3.05) is 7.11 Å². The summed E-state index contributed by atoms with van der Waals surface area (Å²) in [5, 5.41) is 3.52. The van der Waals surface area contributed by atoms with Crippen molar-refractivity contribution in [1.29, 1.82) is 0 Å². The third-order valence-electron chi connectivity index (χ3n) is 0.716. The first-order valence-electron chi connectivity index (χ1n) is 2.09. The van der Waals surface area contributed by atoms with Gasteiger partial charge in [-0.3, -0.25) is 0 Å². The van der Waals surface area contributed by atoms with E-state index in [4.69, 9.17) is 4.74 Å². The van der Waals surface area contributed by atoms with Crippen LogP contribution in [0.5, 0.6) is 5.88 Å². The molecular weight excluding hydrogens is 125 g/mol. The molecule has 0 radical (unpaired) electrons. The van der Waals surface area contributed by atoms with Crippen LogP contribution in [0, 0.1) is 0 Å². The standard InChI is InChI=1S/C4H6NO2P/c1-6-3-2-4(8)7-5-3/h2H,8H2,1H3. The zero-order valence-corrected chi connectivity index (χ0v) is 5.57. The molecule has 1 aromatic rings. The Labute approximate surface area is 49.2 Å².